The minimum Gasteiger partial charge on any atom is -0.378 e. The first-order chi connectivity index (χ1) is 9.58. The van der Waals surface area contributed by atoms with Gasteiger partial charge >= 0.3 is 0 Å². The van der Waals surface area contributed by atoms with Crippen molar-refractivity contribution in [3.63, 3.8) is 0 Å². The maximum atomic E-state index is 12.1. The lowest BCUT2D eigenvalue weighted by Crippen LogP contribution is -2.26. The van der Waals surface area contributed by atoms with Gasteiger partial charge < -0.3 is 15.0 Å². The van der Waals surface area contributed by atoms with Crippen molar-refractivity contribution in [1.82, 2.24) is 0 Å². The van der Waals surface area contributed by atoms with Crippen LogP contribution in [0, 0.1) is 6.92 Å². The minimum absolute atomic E-state index is 0.0379. The van der Waals surface area contributed by atoms with Gasteiger partial charge in [0.25, 0.3) is 0 Å². The monoisotopic (exact) mass is 276 g/mol. The smallest absolute Gasteiger partial charge is 0.226 e. The SMILES string of the molecule is Cc1c(NC(=O)CC2CCCCO2)cccc1N(C)C. The van der Waals surface area contributed by atoms with E-state index in [4.69, 9.17) is 4.74 Å². The van der Waals surface area contributed by atoms with Gasteiger partial charge in [0.2, 0.25) is 5.91 Å². The summed E-state index contributed by atoms with van der Waals surface area (Å²) in [6.45, 7) is 2.81. The predicted molar refractivity (Wildman–Crippen MR) is 82.3 cm³/mol. The Labute approximate surface area is 121 Å². The molecule has 1 unspecified atom stereocenters. The van der Waals surface area contributed by atoms with Crippen LogP contribution in [0.1, 0.15) is 31.2 Å². The Balaban J connectivity index is 1.98. The molecular weight excluding hydrogens is 252 g/mol. The van der Waals surface area contributed by atoms with E-state index in [1.165, 1.54) is 0 Å². The van der Waals surface area contributed by atoms with Crippen LogP contribution in [0.3, 0.4) is 0 Å². The summed E-state index contributed by atoms with van der Waals surface area (Å²) in [5.74, 6) is 0.0379. The van der Waals surface area contributed by atoms with Gasteiger partial charge in [-0.05, 0) is 43.9 Å². The zero-order valence-electron chi connectivity index (χ0n) is 12.6. The van der Waals surface area contributed by atoms with Gasteiger partial charge in [0, 0.05) is 32.1 Å². The number of hydrogen-bond donors (Lipinski definition) is 1. The van der Waals surface area contributed by atoms with Crippen molar-refractivity contribution in [1.29, 1.82) is 0 Å². The average Bonchev–Trinajstić information content (AvgIpc) is 2.42. The van der Waals surface area contributed by atoms with Crippen LogP contribution < -0.4 is 10.2 Å². The summed E-state index contributed by atoms with van der Waals surface area (Å²) >= 11 is 0. The zero-order valence-corrected chi connectivity index (χ0v) is 12.6. The van der Waals surface area contributed by atoms with Crippen LogP contribution in [0.4, 0.5) is 11.4 Å². The number of benzene rings is 1. The van der Waals surface area contributed by atoms with Gasteiger partial charge in [-0.3, -0.25) is 4.79 Å². The number of hydrogen-bond acceptors (Lipinski definition) is 3. The summed E-state index contributed by atoms with van der Waals surface area (Å²) in [7, 11) is 4.01. The zero-order chi connectivity index (χ0) is 14.5. The van der Waals surface area contributed by atoms with E-state index in [0.29, 0.717) is 6.42 Å². The molecule has 1 aliphatic rings. The van der Waals surface area contributed by atoms with E-state index in [1.54, 1.807) is 0 Å². The number of nitrogens with one attached hydrogen (secondary N) is 1. The number of carbonyl (C=O) groups is 1. The predicted octanol–water partition coefficient (Wildman–Crippen LogP) is 2.96. The molecule has 0 radical (unpaired) electrons. The molecule has 0 bridgehead atoms. The molecule has 2 rings (SSSR count). The summed E-state index contributed by atoms with van der Waals surface area (Å²) in [6.07, 6.45) is 3.80. The fourth-order valence-corrected chi connectivity index (χ4v) is 2.62. The third kappa shape index (κ3) is 3.73. The van der Waals surface area contributed by atoms with Gasteiger partial charge in [-0.2, -0.15) is 0 Å². The molecular formula is C16H24N2O2. The highest BCUT2D eigenvalue weighted by atomic mass is 16.5. The Bertz CT molecular complexity index is 466. The van der Waals surface area contributed by atoms with E-state index >= 15 is 0 Å². The normalized spacial score (nSPS) is 18.6. The Morgan fingerprint density at radius 3 is 2.85 bits per heavy atom. The van der Waals surface area contributed by atoms with E-state index in [0.717, 1.165) is 42.8 Å². The van der Waals surface area contributed by atoms with Gasteiger partial charge in [0.15, 0.2) is 0 Å². The average molecular weight is 276 g/mol. The fraction of sp³-hybridized carbons (Fsp3) is 0.562. The van der Waals surface area contributed by atoms with Gasteiger partial charge in [-0.1, -0.05) is 6.07 Å². The largest absolute Gasteiger partial charge is 0.378 e. The summed E-state index contributed by atoms with van der Waals surface area (Å²) in [5, 5.41) is 3.01. The molecule has 0 spiro atoms. The number of amides is 1. The lowest BCUT2D eigenvalue weighted by atomic mass is 10.1. The molecule has 1 aliphatic heterocycles. The topological polar surface area (TPSA) is 41.6 Å². The number of anilines is 2. The Morgan fingerprint density at radius 1 is 1.40 bits per heavy atom. The molecule has 0 aliphatic carbocycles. The van der Waals surface area contributed by atoms with Crippen molar-refractivity contribution >= 4 is 17.3 Å². The Morgan fingerprint density at radius 2 is 2.20 bits per heavy atom. The van der Waals surface area contributed by atoms with Crippen LogP contribution >= 0.6 is 0 Å². The molecule has 110 valence electrons. The maximum Gasteiger partial charge on any atom is 0.226 e. The number of nitrogens with zero attached hydrogens (tertiary/aromatic N) is 1. The molecule has 0 saturated carbocycles. The molecule has 0 aromatic heterocycles. The third-order valence-corrected chi connectivity index (χ3v) is 3.75. The van der Waals surface area contributed by atoms with Crippen molar-refractivity contribution in [3.05, 3.63) is 23.8 Å². The Kier molecular flexibility index (Phi) is 5.01. The maximum absolute atomic E-state index is 12.1. The van der Waals surface area contributed by atoms with E-state index in [2.05, 4.69) is 16.3 Å². The van der Waals surface area contributed by atoms with E-state index < -0.39 is 0 Å². The Hall–Kier alpha value is -1.55. The van der Waals surface area contributed by atoms with Gasteiger partial charge in [0.1, 0.15) is 0 Å². The van der Waals surface area contributed by atoms with E-state index in [9.17, 15) is 4.79 Å². The summed E-state index contributed by atoms with van der Waals surface area (Å²) in [5.41, 5.74) is 3.10. The van der Waals surface area contributed by atoms with E-state index in [-0.39, 0.29) is 12.0 Å². The van der Waals surface area contributed by atoms with Gasteiger partial charge in [0.05, 0.1) is 12.5 Å². The first-order valence-corrected chi connectivity index (χ1v) is 7.26. The summed E-state index contributed by atoms with van der Waals surface area (Å²) < 4.78 is 5.61. The molecule has 1 amide bonds. The van der Waals surface area contributed by atoms with Crippen molar-refractivity contribution in [2.24, 2.45) is 0 Å². The molecule has 1 fully saturated rings. The second kappa shape index (κ2) is 6.75. The second-order valence-electron chi connectivity index (χ2n) is 5.59. The molecule has 1 saturated heterocycles. The van der Waals surface area contributed by atoms with Crippen LogP contribution in [0.25, 0.3) is 0 Å². The van der Waals surface area contributed by atoms with Crippen LogP contribution in [-0.4, -0.2) is 32.7 Å². The third-order valence-electron chi connectivity index (χ3n) is 3.75. The van der Waals surface area contributed by atoms with Crippen molar-refractivity contribution in [2.45, 2.75) is 38.7 Å². The summed E-state index contributed by atoms with van der Waals surface area (Å²) in [6, 6.07) is 5.96. The first kappa shape index (κ1) is 14.9. The van der Waals surface area contributed by atoms with Crippen LogP contribution in [0.15, 0.2) is 18.2 Å². The molecule has 20 heavy (non-hydrogen) atoms. The molecule has 1 atom stereocenters. The first-order valence-electron chi connectivity index (χ1n) is 7.26. The highest BCUT2D eigenvalue weighted by Gasteiger charge is 2.18. The molecule has 1 N–H and O–H groups in total. The van der Waals surface area contributed by atoms with Gasteiger partial charge in [-0.25, -0.2) is 0 Å². The van der Waals surface area contributed by atoms with Crippen LogP contribution in [0.5, 0.6) is 0 Å². The van der Waals surface area contributed by atoms with Crippen LogP contribution in [0.2, 0.25) is 0 Å². The minimum atomic E-state index is 0.0379. The van der Waals surface area contributed by atoms with E-state index in [1.807, 2.05) is 33.2 Å². The van der Waals surface area contributed by atoms with Crippen molar-refractivity contribution < 1.29 is 9.53 Å². The lowest BCUT2D eigenvalue weighted by Gasteiger charge is -2.22. The van der Waals surface area contributed by atoms with Gasteiger partial charge in [-0.15, -0.1) is 0 Å². The number of ether oxygens (including phenoxy) is 1. The van der Waals surface area contributed by atoms with Crippen molar-refractivity contribution in [3.8, 4) is 0 Å². The second-order valence-corrected chi connectivity index (χ2v) is 5.59. The lowest BCUT2D eigenvalue weighted by molar-refractivity contribution is -0.119. The fourth-order valence-electron chi connectivity index (χ4n) is 2.62. The molecule has 4 nitrogen and oxygen atoms in total. The molecule has 1 aromatic carbocycles. The quantitative estimate of drug-likeness (QED) is 0.919. The summed E-state index contributed by atoms with van der Waals surface area (Å²) in [4.78, 5) is 14.2. The standard InChI is InChI=1S/C16H24N2O2/c1-12-14(8-6-9-15(12)18(2)3)17-16(19)11-13-7-4-5-10-20-13/h6,8-9,13H,4-5,7,10-11H2,1-3H3,(H,17,19). The number of carbonyl (C=O) groups excluding carboxylic acids is 1. The molecule has 4 heteroatoms. The molecule has 1 heterocycles. The highest BCUT2D eigenvalue weighted by Crippen LogP contribution is 2.25. The van der Waals surface area contributed by atoms with Crippen molar-refractivity contribution in [2.75, 3.05) is 30.9 Å². The molecule has 1 aromatic rings. The number of rotatable bonds is 4. The highest BCUT2D eigenvalue weighted by molar-refractivity contribution is 5.92. The van der Waals surface area contributed by atoms with Crippen LogP contribution in [-0.2, 0) is 9.53 Å².